The molecule has 2 heterocycles. The quantitative estimate of drug-likeness (QED) is 0.208. The smallest absolute Gasteiger partial charge is 0.210 e. The average Bonchev–Trinajstić information content (AvgIpc) is 3.37. The van der Waals surface area contributed by atoms with E-state index in [9.17, 15) is 10.4 Å². The van der Waals surface area contributed by atoms with Gasteiger partial charge in [-0.15, -0.1) is 21.5 Å². The highest BCUT2D eigenvalue weighted by molar-refractivity contribution is 8.01. The Morgan fingerprint density at radius 1 is 1.13 bits per heavy atom. The monoisotopic (exact) mass is 451 g/mol. The van der Waals surface area contributed by atoms with Gasteiger partial charge in [0.1, 0.15) is 22.4 Å². The predicted octanol–water partition coefficient (Wildman–Crippen LogP) is 6.09. The van der Waals surface area contributed by atoms with Crippen LogP contribution in [-0.2, 0) is 0 Å². The Kier molecular flexibility index (Phi) is 5.99. The summed E-state index contributed by atoms with van der Waals surface area (Å²) in [7, 11) is 0. The van der Waals surface area contributed by atoms with E-state index >= 15 is 0 Å². The number of rotatable bonds is 6. The summed E-state index contributed by atoms with van der Waals surface area (Å²) >= 11 is 4.13. The number of nitrogens with zero attached hydrogens (tertiary/aromatic N) is 4. The maximum Gasteiger partial charge on any atom is 0.210 e. The van der Waals surface area contributed by atoms with Gasteiger partial charge in [-0.05, 0) is 43.2 Å². The number of hydrogen-bond acceptors (Lipinski definition) is 9. The molecule has 2 aromatic heterocycles. The number of benzene rings is 2. The van der Waals surface area contributed by atoms with E-state index in [0.717, 1.165) is 21.5 Å². The van der Waals surface area contributed by atoms with Crippen LogP contribution in [0, 0.1) is 25.2 Å². The Hall–Kier alpha value is -2.93. The largest absolute Gasteiger partial charge is 0.510 e. The van der Waals surface area contributed by atoms with Crippen molar-refractivity contribution in [1.82, 2.24) is 15.2 Å². The number of aromatic nitrogens is 3. The molecule has 0 fully saturated rings. The molecule has 2 aromatic carbocycles. The first-order chi connectivity index (χ1) is 14.5. The number of hydrogen-bond donors (Lipinski definition) is 2. The van der Waals surface area contributed by atoms with Gasteiger partial charge in [0, 0.05) is 5.69 Å². The molecule has 0 aliphatic carbocycles. The van der Waals surface area contributed by atoms with Crippen LogP contribution in [0.2, 0.25) is 0 Å². The summed E-state index contributed by atoms with van der Waals surface area (Å²) in [5.41, 5.74) is 4.37. The second kappa shape index (κ2) is 8.83. The van der Waals surface area contributed by atoms with Crippen molar-refractivity contribution in [2.75, 3.05) is 11.1 Å². The van der Waals surface area contributed by atoms with Gasteiger partial charge in [0.25, 0.3) is 0 Å². The lowest BCUT2D eigenvalue weighted by Crippen LogP contribution is -1.94. The van der Waals surface area contributed by atoms with Gasteiger partial charge in [0.05, 0.1) is 16.0 Å². The van der Waals surface area contributed by atoms with Gasteiger partial charge in [0.15, 0.2) is 4.34 Å². The standard InChI is InChI=1S/C21H17N5OS3/c1-12-6-5-8-15(13(12)2)24-20-25-26-21(30-20)28-11-17(27)14(10-22)19-23-16-7-3-4-9-18(16)29-19/h3-9,27H,11H2,1-2H3,(H,24,25)/b17-14-. The first-order valence-electron chi connectivity index (χ1n) is 9.03. The van der Waals surface area contributed by atoms with Crippen LogP contribution in [0.25, 0.3) is 15.8 Å². The number of aliphatic hydroxyl groups is 1. The Bertz CT molecular complexity index is 1250. The average molecular weight is 452 g/mol. The molecule has 30 heavy (non-hydrogen) atoms. The number of thiazole rings is 1. The van der Waals surface area contributed by atoms with Crippen LogP contribution in [0.1, 0.15) is 16.1 Å². The number of thioether (sulfide) groups is 1. The van der Waals surface area contributed by atoms with Gasteiger partial charge in [0.2, 0.25) is 5.13 Å². The molecule has 0 aliphatic heterocycles. The minimum absolute atomic E-state index is 0.0132. The summed E-state index contributed by atoms with van der Waals surface area (Å²) in [5.74, 6) is 0.206. The number of nitrogens with one attached hydrogen (secondary N) is 1. The van der Waals surface area contributed by atoms with E-state index in [1.54, 1.807) is 0 Å². The molecule has 6 nitrogen and oxygen atoms in total. The SMILES string of the molecule is Cc1cccc(Nc2nnc(SC/C(O)=C(\C#N)c3nc4ccccc4s3)s2)c1C. The highest BCUT2D eigenvalue weighted by atomic mass is 32.2. The first-order valence-corrected chi connectivity index (χ1v) is 11.6. The second-order valence-electron chi connectivity index (χ2n) is 6.45. The van der Waals surface area contributed by atoms with Crippen LogP contribution in [0.3, 0.4) is 0 Å². The van der Waals surface area contributed by atoms with Gasteiger partial charge in [-0.25, -0.2) is 4.98 Å². The molecule has 9 heteroatoms. The molecular formula is C21H17N5OS3. The van der Waals surface area contributed by atoms with Crippen molar-refractivity contribution in [3.63, 3.8) is 0 Å². The van der Waals surface area contributed by atoms with Crippen molar-refractivity contribution in [3.05, 3.63) is 64.4 Å². The Labute approximate surface area is 185 Å². The molecule has 150 valence electrons. The molecular weight excluding hydrogens is 434 g/mol. The maximum absolute atomic E-state index is 10.5. The van der Waals surface area contributed by atoms with E-state index in [4.69, 9.17) is 0 Å². The minimum atomic E-state index is -0.0132. The zero-order valence-corrected chi connectivity index (χ0v) is 18.7. The van der Waals surface area contributed by atoms with Crippen LogP contribution >= 0.6 is 34.4 Å². The lowest BCUT2D eigenvalue weighted by molar-refractivity contribution is 0.421. The van der Waals surface area contributed by atoms with Gasteiger partial charge in [-0.2, -0.15) is 5.26 Å². The fourth-order valence-corrected chi connectivity index (χ4v) is 5.36. The summed E-state index contributed by atoms with van der Waals surface area (Å²) in [5, 5.41) is 32.9. The highest BCUT2D eigenvalue weighted by Gasteiger charge is 2.15. The molecule has 0 unspecified atom stereocenters. The number of aryl methyl sites for hydroxylation is 1. The third-order valence-electron chi connectivity index (χ3n) is 4.49. The molecule has 0 saturated carbocycles. The molecule has 0 bridgehead atoms. The maximum atomic E-state index is 10.5. The predicted molar refractivity (Wildman–Crippen MR) is 125 cm³/mol. The number of anilines is 2. The molecule has 0 atom stereocenters. The molecule has 4 aromatic rings. The van der Waals surface area contributed by atoms with E-state index in [0.29, 0.717) is 14.5 Å². The van der Waals surface area contributed by atoms with Gasteiger partial charge < -0.3 is 10.4 Å². The van der Waals surface area contributed by atoms with Crippen molar-refractivity contribution in [1.29, 1.82) is 5.26 Å². The van der Waals surface area contributed by atoms with E-state index in [2.05, 4.69) is 46.5 Å². The number of fused-ring (bicyclic) bond motifs is 1. The van der Waals surface area contributed by atoms with Crippen molar-refractivity contribution >= 4 is 61.0 Å². The molecule has 0 amide bonds. The molecule has 0 aliphatic rings. The fourth-order valence-electron chi connectivity index (χ4n) is 2.74. The summed E-state index contributed by atoms with van der Waals surface area (Å²) in [6.45, 7) is 4.12. The number of aliphatic hydroxyl groups excluding tert-OH is 1. The lowest BCUT2D eigenvalue weighted by Gasteiger charge is -2.08. The summed E-state index contributed by atoms with van der Waals surface area (Å²) < 4.78 is 1.68. The van der Waals surface area contributed by atoms with Crippen LogP contribution in [0.5, 0.6) is 0 Å². The molecule has 0 radical (unpaired) electrons. The van der Waals surface area contributed by atoms with E-state index in [1.807, 2.05) is 36.4 Å². The van der Waals surface area contributed by atoms with Crippen molar-refractivity contribution in [2.45, 2.75) is 18.2 Å². The molecule has 0 spiro atoms. The number of allylic oxidation sites excluding steroid dienone is 1. The van der Waals surface area contributed by atoms with Crippen LogP contribution in [-0.4, -0.2) is 26.0 Å². The van der Waals surface area contributed by atoms with Crippen LogP contribution in [0.15, 0.2) is 52.6 Å². The van der Waals surface area contributed by atoms with E-state index in [-0.39, 0.29) is 17.1 Å². The van der Waals surface area contributed by atoms with Crippen LogP contribution in [0.4, 0.5) is 10.8 Å². The summed E-state index contributed by atoms with van der Waals surface area (Å²) in [6.07, 6.45) is 0. The van der Waals surface area contributed by atoms with Crippen LogP contribution < -0.4 is 5.32 Å². The zero-order chi connectivity index (χ0) is 21.1. The number of para-hydroxylation sites is 1. The molecule has 0 saturated heterocycles. The molecule has 4 rings (SSSR count). The topological polar surface area (TPSA) is 94.7 Å². The lowest BCUT2D eigenvalue weighted by atomic mass is 10.1. The molecule has 2 N–H and O–H groups in total. The van der Waals surface area contributed by atoms with E-state index in [1.165, 1.54) is 40.0 Å². The van der Waals surface area contributed by atoms with Crippen molar-refractivity contribution in [3.8, 4) is 6.07 Å². The van der Waals surface area contributed by atoms with Crippen molar-refractivity contribution < 1.29 is 5.11 Å². The Morgan fingerprint density at radius 2 is 1.97 bits per heavy atom. The van der Waals surface area contributed by atoms with Gasteiger partial charge in [-0.1, -0.05) is 47.4 Å². The second-order valence-corrected chi connectivity index (χ2v) is 9.69. The fraction of sp³-hybridized carbons (Fsp3) is 0.143. The normalized spacial score (nSPS) is 11.9. The van der Waals surface area contributed by atoms with E-state index < -0.39 is 0 Å². The third kappa shape index (κ3) is 4.31. The Morgan fingerprint density at radius 3 is 2.77 bits per heavy atom. The highest BCUT2D eigenvalue weighted by Crippen LogP contribution is 2.32. The third-order valence-corrected chi connectivity index (χ3v) is 7.53. The van der Waals surface area contributed by atoms with Gasteiger partial charge >= 0.3 is 0 Å². The first kappa shape index (κ1) is 20.3. The minimum Gasteiger partial charge on any atom is -0.510 e. The van der Waals surface area contributed by atoms with Gasteiger partial charge in [-0.3, -0.25) is 0 Å². The number of nitriles is 1. The zero-order valence-electron chi connectivity index (χ0n) is 16.2. The summed E-state index contributed by atoms with van der Waals surface area (Å²) in [4.78, 5) is 4.46. The Balaban J connectivity index is 1.47. The summed E-state index contributed by atoms with van der Waals surface area (Å²) in [6, 6.07) is 15.8. The van der Waals surface area contributed by atoms with Crippen molar-refractivity contribution in [2.24, 2.45) is 0 Å².